The molecule has 1 aromatic carbocycles. The van der Waals surface area contributed by atoms with Crippen molar-refractivity contribution in [1.29, 1.82) is 0 Å². The second-order valence-electron chi connectivity index (χ2n) is 8.07. The minimum atomic E-state index is -0.881. The highest BCUT2D eigenvalue weighted by atomic mass is 35.5. The summed E-state index contributed by atoms with van der Waals surface area (Å²) >= 11 is 6.11. The highest BCUT2D eigenvalue weighted by Crippen LogP contribution is 2.20. The zero-order valence-electron chi connectivity index (χ0n) is 18.9. The lowest BCUT2D eigenvalue weighted by Crippen LogP contribution is -2.60. The molecule has 0 aromatic heterocycles. The Morgan fingerprint density at radius 1 is 1.18 bits per heavy atom. The van der Waals surface area contributed by atoms with E-state index < -0.39 is 6.04 Å². The van der Waals surface area contributed by atoms with Gasteiger partial charge in [-0.25, -0.2) is 4.79 Å². The second kappa shape index (κ2) is 11.3. The summed E-state index contributed by atoms with van der Waals surface area (Å²) in [5.41, 5.74) is 1.42. The van der Waals surface area contributed by atoms with Crippen molar-refractivity contribution in [3.63, 3.8) is 0 Å². The number of halogens is 1. The first-order chi connectivity index (χ1) is 15.8. The van der Waals surface area contributed by atoms with E-state index in [0.29, 0.717) is 56.6 Å². The monoisotopic (exact) mass is 479 g/mol. The Kier molecular flexibility index (Phi) is 8.51. The van der Waals surface area contributed by atoms with Crippen LogP contribution in [0.3, 0.4) is 0 Å². The van der Waals surface area contributed by atoms with Gasteiger partial charge in [-0.2, -0.15) is 0 Å². The van der Waals surface area contributed by atoms with Crippen molar-refractivity contribution in [3.05, 3.63) is 28.8 Å². The Bertz CT molecular complexity index is 903. The first-order valence-electron chi connectivity index (χ1n) is 11.1. The van der Waals surface area contributed by atoms with Gasteiger partial charge in [0.1, 0.15) is 6.04 Å². The predicted molar refractivity (Wildman–Crippen MR) is 123 cm³/mol. The highest BCUT2D eigenvalue weighted by Gasteiger charge is 2.35. The number of nitrogens with zero attached hydrogens (tertiary/aromatic N) is 3. The molecule has 3 rings (SSSR count). The molecule has 10 nitrogen and oxygen atoms in total. The fourth-order valence-electron chi connectivity index (χ4n) is 3.86. The van der Waals surface area contributed by atoms with Gasteiger partial charge in [-0.05, 0) is 31.5 Å². The molecule has 0 radical (unpaired) electrons. The molecule has 2 N–H and O–H groups in total. The van der Waals surface area contributed by atoms with Gasteiger partial charge in [-0.3, -0.25) is 19.3 Å². The molecule has 2 saturated heterocycles. The quantitative estimate of drug-likeness (QED) is 0.631. The van der Waals surface area contributed by atoms with E-state index in [1.807, 2.05) is 11.8 Å². The SMILES string of the molecule is CCOC(=O)N1CCN(CC(=O)N2CCNC(=O)C2CC(=O)Nc2ccc(C)c(Cl)c2)CC1. The summed E-state index contributed by atoms with van der Waals surface area (Å²) in [4.78, 5) is 55.0. The number of anilines is 1. The number of piperazine rings is 2. The van der Waals surface area contributed by atoms with Crippen LogP contribution in [0.2, 0.25) is 5.02 Å². The number of amides is 4. The Morgan fingerprint density at radius 2 is 1.91 bits per heavy atom. The normalized spacial score (nSPS) is 19.1. The minimum absolute atomic E-state index is 0.121. The largest absolute Gasteiger partial charge is 0.450 e. The summed E-state index contributed by atoms with van der Waals surface area (Å²) in [7, 11) is 0. The summed E-state index contributed by atoms with van der Waals surface area (Å²) in [6.07, 6.45) is -0.503. The summed E-state index contributed by atoms with van der Waals surface area (Å²) in [6.45, 7) is 6.74. The smallest absolute Gasteiger partial charge is 0.409 e. The average molecular weight is 480 g/mol. The molecule has 0 aliphatic carbocycles. The van der Waals surface area contributed by atoms with Crippen molar-refractivity contribution in [1.82, 2.24) is 20.0 Å². The Morgan fingerprint density at radius 3 is 2.58 bits per heavy atom. The Hall–Kier alpha value is -2.85. The molecule has 0 spiro atoms. The van der Waals surface area contributed by atoms with E-state index in [2.05, 4.69) is 10.6 Å². The van der Waals surface area contributed by atoms with Crippen molar-refractivity contribution < 1.29 is 23.9 Å². The molecule has 11 heteroatoms. The number of carbonyl (C=O) groups excluding carboxylic acids is 4. The molecule has 0 bridgehead atoms. The van der Waals surface area contributed by atoms with Crippen molar-refractivity contribution in [2.75, 3.05) is 57.7 Å². The van der Waals surface area contributed by atoms with Crippen LogP contribution in [0.1, 0.15) is 18.9 Å². The van der Waals surface area contributed by atoms with E-state index in [9.17, 15) is 19.2 Å². The number of ether oxygens (including phenoxy) is 1. The zero-order chi connectivity index (χ0) is 24.0. The van der Waals surface area contributed by atoms with Crippen LogP contribution in [0, 0.1) is 6.92 Å². The van der Waals surface area contributed by atoms with Gasteiger partial charge in [0, 0.05) is 50.0 Å². The highest BCUT2D eigenvalue weighted by molar-refractivity contribution is 6.31. The number of nitrogens with one attached hydrogen (secondary N) is 2. The van der Waals surface area contributed by atoms with Crippen molar-refractivity contribution >= 4 is 41.1 Å². The van der Waals surface area contributed by atoms with Crippen LogP contribution < -0.4 is 10.6 Å². The molecular formula is C22H30ClN5O5. The summed E-state index contributed by atoms with van der Waals surface area (Å²) in [6, 6.07) is 4.30. The molecule has 4 amide bonds. The van der Waals surface area contributed by atoms with E-state index in [0.717, 1.165) is 5.56 Å². The van der Waals surface area contributed by atoms with Crippen LogP contribution >= 0.6 is 11.6 Å². The standard InChI is InChI=1S/C22H30ClN5O5/c1-3-33-22(32)27-10-8-26(9-11-27)14-20(30)28-7-6-24-21(31)18(28)13-19(29)25-16-5-4-15(2)17(23)12-16/h4-5,12,18H,3,6-11,13-14H2,1-2H3,(H,24,31)(H,25,29). The van der Waals surface area contributed by atoms with Gasteiger partial charge in [-0.15, -0.1) is 0 Å². The van der Waals surface area contributed by atoms with Gasteiger partial charge in [0.25, 0.3) is 0 Å². The average Bonchev–Trinajstić information content (AvgIpc) is 2.78. The molecule has 1 atom stereocenters. The topological polar surface area (TPSA) is 111 Å². The zero-order valence-corrected chi connectivity index (χ0v) is 19.7. The molecular weight excluding hydrogens is 450 g/mol. The van der Waals surface area contributed by atoms with E-state index >= 15 is 0 Å². The van der Waals surface area contributed by atoms with E-state index in [4.69, 9.17) is 16.3 Å². The maximum Gasteiger partial charge on any atom is 0.409 e. The van der Waals surface area contributed by atoms with Crippen molar-refractivity contribution in [2.45, 2.75) is 26.3 Å². The lowest BCUT2D eigenvalue weighted by Gasteiger charge is -2.38. The lowest BCUT2D eigenvalue weighted by atomic mass is 10.1. The van der Waals surface area contributed by atoms with Crippen LogP contribution in [0.25, 0.3) is 0 Å². The molecule has 180 valence electrons. The molecule has 1 unspecified atom stereocenters. The summed E-state index contributed by atoms with van der Waals surface area (Å²) in [5.74, 6) is -0.942. The van der Waals surface area contributed by atoms with Crippen LogP contribution in [-0.4, -0.2) is 97.0 Å². The lowest BCUT2D eigenvalue weighted by molar-refractivity contribution is -0.145. The minimum Gasteiger partial charge on any atom is -0.450 e. The third-order valence-electron chi connectivity index (χ3n) is 5.74. The fraction of sp³-hybridized carbons (Fsp3) is 0.545. The molecule has 1 aromatic rings. The Balaban J connectivity index is 1.56. The molecule has 33 heavy (non-hydrogen) atoms. The number of aryl methyl sites for hydroxylation is 1. The first-order valence-corrected chi connectivity index (χ1v) is 11.4. The maximum absolute atomic E-state index is 13.0. The van der Waals surface area contributed by atoms with E-state index in [1.54, 1.807) is 30.0 Å². The van der Waals surface area contributed by atoms with Gasteiger partial charge in [-0.1, -0.05) is 17.7 Å². The molecule has 2 aliphatic heterocycles. The number of benzene rings is 1. The van der Waals surface area contributed by atoms with Gasteiger partial charge in [0.05, 0.1) is 19.6 Å². The molecule has 0 saturated carbocycles. The van der Waals surface area contributed by atoms with Crippen LogP contribution in [0.15, 0.2) is 18.2 Å². The van der Waals surface area contributed by atoms with E-state index in [1.165, 1.54) is 4.90 Å². The van der Waals surface area contributed by atoms with Gasteiger partial charge in [0.2, 0.25) is 17.7 Å². The summed E-state index contributed by atoms with van der Waals surface area (Å²) in [5, 5.41) is 6.00. The summed E-state index contributed by atoms with van der Waals surface area (Å²) < 4.78 is 5.01. The van der Waals surface area contributed by atoms with Gasteiger partial charge in [0.15, 0.2) is 0 Å². The van der Waals surface area contributed by atoms with Crippen molar-refractivity contribution in [2.24, 2.45) is 0 Å². The number of carbonyl (C=O) groups is 4. The number of hydrogen-bond donors (Lipinski definition) is 2. The number of hydrogen-bond acceptors (Lipinski definition) is 6. The fourth-order valence-corrected chi connectivity index (χ4v) is 4.04. The molecule has 2 aliphatic rings. The van der Waals surface area contributed by atoms with Gasteiger partial charge < -0.3 is 25.2 Å². The van der Waals surface area contributed by atoms with Crippen LogP contribution in [0.5, 0.6) is 0 Å². The third-order valence-corrected chi connectivity index (χ3v) is 6.15. The maximum atomic E-state index is 13.0. The van der Waals surface area contributed by atoms with Crippen LogP contribution in [0.4, 0.5) is 10.5 Å². The molecule has 2 heterocycles. The molecule has 2 fully saturated rings. The van der Waals surface area contributed by atoms with Gasteiger partial charge >= 0.3 is 6.09 Å². The third kappa shape index (κ3) is 6.58. The second-order valence-corrected chi connectivity index (χ2v) is 8.48. The first kappa shape index (κ1) is 24.8. The predicted octanol–water partition coefficient (Wildman–Crippen LogP) is 1.08. The Labute approximate surface area is 198 Å². The number of rotatable bonds is 6. The van der Waals surface area contributed by atoms with Crippen LogP contribution in [-0.2, 0) is 19.1 Å². The van der Waals surface area contributed by atoms with Crippen molar-refractivity contribution in [3.8, 4) is 0 Å². The van der Waals surface area contributed by atoms with E-state index in [-0.39, 0.29) is 36.8 Å².